The molecule has 2 aromatic carbocycles. The first-order valence-electron chi connectivity index (χ1n) is 8.34. The van der Waals surface area contributed by atoms with E-state index in [0.29, 0.717) is 18.1 Å². The van der Waals surface area contributed by atoms with E-state index in [2.05, 4.69) is 15.5 Å². The number of aromatic hydroxyl groups is 1. The number of hydrogen-bond donors (Lipinski definition) is 2. The maximum Gasteiger partial charge on any atom is 0.250 e. The van der Waals surface area contributed by atoms with E-state index in [1.165, 1.54) is 11.8 Å². The molecule has 0 fully saturated rings. The molecule has 1 amide bonds. The summed E-state index contributed by atoms with van der Waals surface area (Å²) in [7, 11) is 0. The number of amides is 1. The number of phenols is 1. The highest BCUT2D eigenvalue weighted by Gasteiger charge is 2.09. The third-order valence-electron chi connectivity index (χ3n) is 3.63. The number of aromatic nitrogens is 1. The molecule has 3 aromatic rings. The molecule has 0 atom stereocenters. The molecule has 0 aliphatic heterocycles. The Labute approximate surface area is 165 Å². The Morgan fingerprint density at radius 2 is 2.15 bits per heavy atom. The molecule has 2 N–H and O–H groups in total. The zero-order valence-electron chi connectivity index (χ0n) is 14.9. The van der Waals surface area contributed by atoms with Gasteiger partial charge in [-0.05, 0) is 44.2 Å². The van der Waals surface area contributed by atoms with Gasteiger partial charge >= 0.3 is 0 Å². The minimum atomic E-state index is -0.206. The van der Waals surface area contributed by atoms with Crippen molar-refractivity contribution in [3.63, 3.8) is 0 Å². The van der Waals surface area contributed by atoms with Gasteiger partial charge in [0.2, 0.25) is 0 Å². The average Bonchev–Trinajstić information content (AvgIpc) is 3.09. The molecule has 0 unspecified atom stereocenters. The summed E-state index contributed by atoms with van der Waals surface area (Å²) in [5.41, 5.74) is 4.87. The van der Waals surface area contributed by atoms with Gasteiger partial charge in [0.15, 0.2) is 15.8 Å². The van der Waals surface area contributed by atoms with Crippen molar-refractivity contribution >= 4 is 44.9 Å². The van der Waals surface area contributed by atoms with E-state index < -0.39 is 0 Å². The number of nitrogens with zero attached hydrogens (tertiary/aromatic N) is 2. The molecular formula is C19H19N3O3S2. The van der Waals surface area contributed by atoms with E-state index in [1.54, 1.807) is 36.5 Å². The van der Waals surface area contributed by atoms with E-state index in [1.807, 2.05) is 31.2 Å². The fourth-order valence-electron chi connectivity index (χ4n) is 2.29. The molecule has 0 spiro atoms. The number of carbonyl (C=O) groups excluding carboxylic acids is 1. The van der Waals surface area contributed by atoms with E-state index in [0.717, 1.165) is 20.1 Å². The smallest absolute Gasteiger partial charge is 0.250 e. The fraction of sp³-hybridized carbons (Fsp3) is 0.211. The van der Waals surface area contributed by atoms with Crippen LogP contribution in [0.15, 0.2) is 51.9 Å². The van der Waals surface area contributed by atoms with Crippen molar-refractivity contribution in [3.05, 3.63) is 48.0 Å². The molecule has 27 heavy (non-hydrogen) atoms. The summed E-state index contributed by atoms with van der Waals surface area (Å²) in [6.45, 7) is 4.08. The number of ether oxygens (including phenoxy) is 1. The molecule has 1 heterocycles. The van der Waals surface area contributed by atoms with Gasteiger partial charge in [-0.3, -0.25) is 4.79 Å². The molecule has 0 radical (unpaired) electrons. The molecule has 0 aliphatic carbocycles. The van der Waals surface area contributed by atoms with Crippen molar-refractivity contribution in [2.45, 2.75) is 18.2 Å². The Bertz CT molecular complexity index is 952. The van der Waals surface area contributed by atoms with Gasteiger partial charge in [-0.15, -0.1) is 11.3 Å². The van der Waals surface area contributed by atoms with Crippen LogP contribution in [-0.4, -0.2) is 34.1 Å². The van der Waals surface area contributed by atoms with Crippen LogP contribution in [0, 0.1) is 0 Å². The normalized spacial score (nSPS) is 11.6. The van der Waals surface area contributed by atoms with Crippen LogP contribution in [0.4, 0.5) is 0 Å². The largest absolute Gasteiger partial charge is 0.504 e. The quantitative estimate of drug-likeness (QED) is 0.355. The van der Waals surface area contributed by atoms with Gasteiger partial charge in [0.05, 0.1) is 28.3 Å². The minimum Gasteiger partial charge on any atom is -0.504 e. The molecule has 8 heteroatoms. The number of hydrazone groups is 1. The zero-order chi connectivity index (χ0) is 19.2. The molecule has 1 aromatic heterocycles. The summed E-state index contributed by atoms with van der Waals surface area (Å²) >= 11 is 2.95. The maximum atomic E-state index is 12.1. The lowest BCUT2D eigenvalue weighted by Gasteiger charge is -2.08. The third kappa shape index (κ3) is 4.99. The van der Waals surface area contributed by atoms with E-state index >= 15 is 0 Å². The number of thioether (sulfide) groups is 1. The Hall–Kier alpha value is -2.58. The number of para-hydroxylation sites is 1. The summed E-state index contributed by atoms with van der Waals surface area (Å²) in [4.78, 5) is 16.6. The van der Waals surface area contributed by atoms with E-state index in [-0.39, 0.29) is 17.4 Å². The SMILES string of the molecule is CCOc1cc(C(C)=NNC(=O)CSc2nc3ccccc3s2)ccc1O. The second kappa shape index (κ2) is 8.88. The minimum absolute atomic E-state index is 0.0738. The van der Waals surface area contributed by atoms with Gasteiger partial charge in [0.1, 0.15) is 0 Å². The Balaban J connectivity index is 1.58. The molecule has 0 saturated heterocycles. The highest BCUT2D eigenvalue weighted by molar-refractivity contribution is 8.01. The van der Waals surface area contributed by atoms with Crippen molar-refractivity contribution < 1.29 is 14.6 Å². The van der Waals surface area contributed by atoms with Gasteiger partial charge in [-0.1, -0.05) is 23.9 Å². The number of phenolic OH excluding ortho intramolecular Hbond substituents is 1. The first-order chi connectivity index (χ1) is 13.1. The fourth-order valence-corrected chi connectivity index (χ4v) is 4.15. The number of nitrogens with one attached hydrogen (secondary N) is 1. The summed E-state index contributed by atoms with van der Waals surface area (Å²) in [6.07, 6.45) is 0. The number of hydrogen-bond acceptors (Lipinski definition) is 7. The number of rotatable bonds is 7. The third-order valence-corrected chi connectivity index (χ3v) is 5.81. The van der Waals surface area contributed by atoms with Crippen LogP contribution >= 0.6 is 23.1 Å². The number of fused-ring (bicyclic) bond motifs is 1. The van der Waals surface area contributed by atoms with Gasteiger partial charge in [0, 0.05) is 5.56 Å². The second-order valence-electron chi connectivity index (χ2n) is 5.58. The molecule has 0 aliphatic rings. The highest BCUT2D eigenvalue weighted by atomic mass is 32.2. The van der Waals surface area contributed by atoms with Crippen LogP contribution in [0.1, 0.15) is 19.4 Å². The van der Waals surface area contributed by atoms with Gasteiger partial charge < -0.3 is 9.84 Å². The molecule has 0 saturated carbocycles. The maximum absolute atomic E-state index is 12.1. The highest BCUT2D eigenvalue weighted by Crippen LogP contribution is 2.29. The van der Waals surface area contributed by atoms with Crippen LogP contribution in [0.25, 0.3) is 10.2 Å². The van der Waals surface area contributed by atoms with Crippen molar-refractivity contribution in [2.24, 2.45) is 5.10 Å². The Kier molecular flexibility index (Phi) is 6.31. The number of carbonyl (C=O) groups is 1. The average molecular weight is 402 g/mol. The lowest BCUT2D eigenvalue weighted by molar-refractivity contribution is -0.118. The van der Waals surface area contributed by atoms with Gasteiger partial charge in [-0.2, -0.15) is 5.10 Å². The first-order valence-corrected chi connectivity index (χ1v) is 10.1. The van der Waals surface area contributed by atoms with Crippen molar-refractivity contribution in [3.8, 4) is 11.5 Å². The van der Waals surface area contributed by atoms with Crippen LogP contribution in [0.2, 0.25) is 0 Å². The monoisotopic (exact) mass is 401 g/mol. The summed E-state index contributed by atoms with van der Waals surface area (Å²) < 4.78 is 7.32. The van der Waals surface area contributed by atoms with Crippen LogP contribution in [0.5, 0.6) is 11.5 Å². The van der Waals surface area contributed by atoms with Crippen LogP contribution in [-0.2, 0) is 4.79 Å². The first kappa shape index (κ1) is 19.2. The Morgan fingerprint density at radius 1 is 1.33 bits per heavy atom. The molecular weight excluding hydrogens is 382 g/mol. The zero-order valence-corrected chi connectivity index (χ0v) is 16.6. The van der Waals surface area contributed by atoms with Gasteiger partial charge in [0.25, 0.3) is 5.91 Å². The predicted octanol–water partition coefficient (Wildman–Crippen LogP) is 4.03. The Morgan fingerprint density at radius 3 is 2.93 bits per heavy atom. The summed E-state index contributed by atoms with van der Waals surface area (Å²) in [5, 5.41) is 13.9. The molecule has 140 valence electrons. The lowest BCUT2D eigenvalue weighted by Crippen LogP contribution is -2.21. The van der Waals surface area contributed by atoms with Crippen molar-refractivity contribution in [2.75, 3.05) is 12.4 Å². The topological polar surface area (TPSA) is 83.8 Å². The lowest BCUT2D eigenvalue weighted by atomic mass is 10.1. The molecule has 6 nitrogen and oxygen atoms in total. The van der Waals surface area contributed by atoms with Crippen LogP contribution in [0.3, 0.4) is 0 Å². The van der Waals surface area contributed by atoms with Gasteiger partial charge in [-0.25, -0.2) is 10.4 Å². The van der Waals surface area contributed by atoms with Crippen molar-refractivity contribution in [1.29, 1.82) is 0 Å². The van der Waals surface area contributed by atoms with Crippen molar-refractivity contribution in [1.82, 2.24) is 10.4 Å². The van der Waals surface area contributed by atoms with E-state index in [9.17, 15) is 9.90 Å². The summed E-state index contributed by atoms with van der Waals surface area (Å²) in [5.74, 6) is 0.491. The molecule has 0 bridgehead atoms. The second-order valence-corrected chi connectivity index (χ2v) is 7.84. The van der Waals surface area contributed by atoms with Crippen LogP contribution < -0.4 is 10.2 Å². The molecule has 3 rings (SSSR count). The standard InChI is InChI=1S/C19H19N3O3S2/c1-3-25-16-10-13(8-9-15(16)23)12(2)21-22-18(24)11-26-19-20-14-6-4-5-7-17(14)27-19/h4-10,23H,3,11H2,1-2H3,(H,22,24). The predicted molar refractivity (Wildman–Crippen MR) is 110 cm³/mol. The number of thiazole rings is 1. The van der Waals surface area contributed by atoms with E-state index in [4.69, 9.17) is 4.74 Å². The summed E-state index contributed by atoms with van der Waals surface area (Å²) in [6, 6.07) is 12.8. The number of benzene rings is 2.